The van der Waals surface area contributed by atoms with E-state index in [1.807, 2.05) is 0 Å². The van der Waals surface area contributed by atoms with Crippen LogP contribution in [0.1, 0.15) is 117 Å². The lowest BCUT2D eigenvalue weighted by Crippen LogP contribution is -2.72. The second-order valence-electron chi connectivity index (χ2n) is 13.9. The summed E-state index contributed by atoms with van der Waals surface area (Å²) in [5, 5.41) is 24.5. The minimum atomic E-state index is -1.15. The van der Waals surface area contributed by atoms with Crippen LogP contribution in [-0.2, 0) is 19.1 Å². The number of cyclic esters (lactones) is 1. The van der Waals surface area contributed by atoms with Crippen molar-refractivity contribution in [3.8, 4) is 0 Å². The van der Waals surface area contributed by atoms with Gasteiger partial charge in [-0.3, -0.25) is 4.79 Å². The molecule has 4 aliphatic carbocycles. The molecule has 0 saturated heterocycles. The summed E-state index contributed by atoms with van der Waals surface area (Å²) in [5.74, 6) is -0.170. The van der Waals surface area contributed by atoms with E-state index in [9.17, 15) is 19.8 Å². The predicted octanol–water partition coefficient (Wildman–Crippen LogP) is 5.88. The zero-order valence-electron chi connectivity index (χ0n) is 23.9. The van der Waals surface area contributed by atoms with Crippen LogP contribution in [0, 0.1) is 34.5 Å². The smallest absolute Gasteiger partial charge is 0.331 e. The molecule has 38 heavy (non-hydrogen) atoms. The molecule has 0 aromatic heterocycles. The summed E-state index contributed by atoms with van der Waals surface area (Å²) in [7, 11) is 0. The van der Waals surface area contributed by atoms with Gasteiger partial charge in [0.25, 0.3) is 0 Å². The first-order valence-corrected chi connectivity index (χ1v) is 15.6. The summed E-state index contributed by atoms with van der Waals surface area (Å²) in [6, 6.07) is 0. The van der Waals surface area contributed by atoms with E-state index in [2.05, 4.69) is 20.8 Å². The van der Waals surface area contributed by atoms with Gasteiger partial charge in [0.15, 0.2) is 0 Å². The molecule has 0 aromatic rings. The Bertz CT molecular complexity index is 917. The topological polar surface area (TPSA) is 93.1 Å². The minimum Gasteiger partial charge on any atom is -0.462 e. The van der Waals surface area contributed by atoms with Crippen molar-refractivity contribution < 1.29 is 29.3 Å². The second kappa shape index (κ2) is 10.9. The fraction of sp³-hybridized carbons (Fsp3) is 0.875. The molecule has 0 bridgehead atoms. The molecule has 4 saturated carbocycles. The van der Waals surface area contributed by atoms with Gasteiger partial charge in [-0.15, -0.1) is 0 Å². The summed E-state index contributed by atoms with van der Waals surface area (Å²) >= 11 is 0. The van der Waals surface area contributed by atoms with Gasteiger partial charge in [0, 0.05) is 17.4 Å². The number of rotatable bonds is 6. The first-order valence-electron chi connectivity index (χ1n) is 15.6. The molecule has 0 radical (unpaired) electrons. The molecule has 0 spiro atoms. The van der Waals surface area contributed by atoms with E-state index >= 15 is 0 Å². The summed E-state index contributed by atoms with van der Waals surface area (Å²) in [6.07, 6.45) is 15.0. The molecule has 0 amide bonds. The fourth-order valence-corrected chi connectivity index (χ4v) is 9.72. The molecule has 5 aliphatic rings. The Labute approximate surface area is 228 Å². The third kappa shape index (κ3) is 4.76. The monoisotopic (exact) mass is 530 g/mol. The maximum Gasteiger partial charge on any atom is 0.331 e. The third-order valence-electron chi connectivity index (χ3n) is 12.0. The van der Waals surface area contributed by atoms with E-state index < -0.39 is 17.1 Å². The highest BCUT2D eigenvalue weighted by Crippen LogP contribution is 2.67. The molecule has 7 unspecified atom stereocenters. The third-order valence-corrected chi connectivity index (χ3v) is 12.0. The number of hydrogen-bond acceptors (Lipinski definition) is 6. The van der Waals surface area contributed by atoms with Crippen molar-refractivity contribution in [3.05, 3.63) is 11.6 Å². The minimum absolute atomic E-state index is 0.0209. The number of carbonyl (C=O) groups excluding carboxylic acids is 2. The normalized spacial score (nSPS) is 42.8. The average molecular weight is 531 g/mol. The van der Waals surface area contributed by atoms with Gasteiger partial charge < -0.3 is 19.7 Å². The Morgan fingerprint density at radius 2 is 1.71 bits per heavy atom. The lowest BCUT2D eigenvalue weighted by atomic mass is 9.39. The number of ether oxygens (including phenoxy) is 2. The standard InChI is InChI=1S/C32H50O6/c1-21-18-25(38-29(35)23-10-6-4-7-11-23)28-30(2,24-12-8-5-9-13-24)16-15-26(33)31(28,3)32(21,36)17-14-22-19-27(34)37-20-22/h19,21,23-26,28,33,36H,4-18,20H2,1-3H3. The van der Waals surface area contributed by atoms with Crippen molar-refractivity contribution in [2.24, 2.45) is 34.5 Å². The molecule has 4 fully saturated rings. The van der Waals surface area contributed by atoms with Crippen molar-refractivity contribution in [1.82, 2.24) is 0 Å². The molecule has 0 aromatic carbocycles. The van der Waals surface area contributed by atoms with Crippen molar-refractivity contribution in [2.75, 3.05) is 6.61 Å². The van der Waals surface area contributed by atoms with E-state index in [1.165, 1.54) is 38.5 Å². The maximum atomic E-state index is 13.5. The van der Waals surface area contributed by atoms with Crippen molar-refractivity contribution in [3.63, 3.8) is 0 Å². The number of aliphatic hydroxyl groups is 2. The highest BCUT2D eigenvalue weighted by Gasteiger charge is 2.70. The second-order valence-corrected chi connectivity index (χ2v) is 13.9. The molecule has 6 nitrogen and oxygen atoms in total. The first kappa shape index (κ1) is 28.1. The summed E-state index contributed by atoms with van der Waals surface area (Å²) < 4.78 is 11.6. The molecule has 5 rings (SSSR count). The van der Waals surface area contributed by atoms with E-state index in [4.69, 9.17) is 9.47 Å². The largest absolute Gasteiger partial charge is 0.462 e. The molecule has 6 heteroatoms. The molecule has 1 heterocycles. The van der Waals surface area contributed by atoms with Gasteiger partial charge >= 0.3 is 11.9 Å². The Morgan fingerprint density at radius 1 is 1.05 bits per heavy atom. The van der Waals surface area contributed by atoms with E-state index in [-0.39, 0.29) is 47.8 Å². The van der Waals surface area contributed by atoms with Crippen molar-refractivity contribution >= 4 is 11.9 Å². The van der Waals surface area contributed by atoms with Crippen LogP contribution in [0.4, 0.5) is 0 Å². The van der Waals surface area contributed by atoms with Crippen molar-refractivity contribution in [1.29, 1.82) is 0 Å². The van der Waals surface area contributed by atoms with Gasteiger partial charge in [-0.1, -0.05) is 59.3 Å². The highest BCUT2D eigenvalue weighted by molar-refractivity contribution is 5.85. The van der Waals surface area contributed by atoms with Crippen LogP contribution >= 0.6 is 0 Å². The van der Waals surface area contributed by atoms with Gasteiger partial charge in [0.05, 0.1) is 17.6 Å². The summed E-state index contributed by atoms with van der Waals surface area (Å²) in [5.41, 5.74) is -1.18. The lowest BCUT2D eigenvalue weighted by molar-refractivity contribution is -0.292. The molecule has 2 N–H and O–H groups in total. The number of carbonyl (C=O) groups is 2. The molecular formula is C32H50O6. The molecular weight excluding hydrogens is 480 g/mol. The van der Waals surface area contributed by atoms with E-state index in [1.54, 1.807) is 6.08 Å². The Morgan fingerprint density at radius 3 is 2.34 bits per heavy atom. The average Bonchev–Trinajstić information content (AvgIpc) is 3.34. The van der Waals surface area contributed by atoms with Crippen LogP contribution in [-0.4, -0.2) is 46.6 Å². The van der Waals surface area contributed by atoms with Crippen LogP contribution in [0.3, 0.4) is 0 Å². The van der Waals surface area contributed by atoms with Crippen LogP contribution < -0.4 is 0 Å². The Balaban J connectivity index is 1.50. The van der Waals surface area contributed by atoms with Gasteiger partial charge in [-0.2, -0.15) is 0 Å². The highest BCUT2D eigenvalue weighted by atomic mass is 16.5. The Hall–Kier alpha value is -1.40. The summed E-state index contributed by atoms with van der Waals surface area (Å²) in [6.45, 7) is 6.81. The molecule has 214 valence electrons. The van der Waals surface area contributed by atoms with Gasteiger partial charge in [0.1, 0.15) is 12.7 Å². The van der Waals surface area contributed by atoms with Crippen LogP contribution in [0.25, 0.3) is 0 Å². The number of fused-ring (bicyclic) bond motifs is 1. The summed E-state index contributed by atoms with van der Waals surface area (Å²) in [4.78, 5) is 25.2. The maximum absolute atomic E-state index is 13.5. The Kier molecular flexibility index (Phi) is 8.05. The molecule has 7 atom stereocenters. The van der Waals surface area contributed by atoms with Gasteiger partial charge in [-0.05, 0) is 80.6 Å². The van der Waals surface area contributed by atoms with Gasteiger partial charge in [-0.25, -0.2) is 4.79 Å². The van der Waals surface area contributed by atoms with E-state index in [0.717, 1.165) is 37.7 Å². The van der Waals surface area contributed by atoms with Crippen LogP contribution in [0.15, 0.2) is 11.6 Å². The number of aliphatic hydroxyl groups excluding tert-OH is 1. The van der Waals surface area contributed by atoms with E-state index in [0.29, 0.717) is 31.6 Å². The quantitative estimate of drug-likeness (QED) is 0.417. The predicted molar refractivity (Wildman–Crippen MR) is 145 cm³/mol. The first-order chi connectivity index (χ1) is 18.1. The molecule has 1 aliphatic heterocycles. The van der Waals surface area contributed by atoms with Crippen LogP contribution in [0.5, 0.6) is 0 Å². The van der Waals surface area contributed by atoms with Gasteiger partial charge in [0.2, 0.25) is 0 Å². The SMILES string of the molecule is CC1CC(OC(=O)C2CCCCC2)C2C(C)(C3CCCCC3)CCC(O)C2(C)C1(O)CCC1=CC(=O)OC1. The number of hydrogen-bond donors (Lipinski definition) is 2. The number of esters is 2. The van der Waals surface area contributed by atoms with Crippen LogP contribution in [0.2, 0.25) is 0 Å². The zero-order valence-corrected chi connectivity index (χ0v) is 23.9. The zero-order chi connectivity index (χ0) is 27.1. The lowest BCUT2D eigenvalue weighted by Gasteiger charge is -2.68. The van der Waals surface area contributed by atoms with Crippen molar-refractivity contribution in [2.45, 2.75) is 135 Å². The fourth-order valence-electron chi connectivity index (χ4n) is 9.72.